The summed E-state index contributed by atoms with van der Waals surface area (Å²) in [5.74, 6) is -0.208. The van der Waals surface area contributed by atoms with Crippen molar-refractivity contribution in [1.82, 2.24) is 10.6 Å². The summed E-state index contributed by atoms with van der Waals surface area (Å²) in [6.45, 7) is -0.166. The number of hydrogen-bond acceptors (Lipinski definition) is 1. The lowest BCUT2D eigenvalue weighted by Crippen LogP contribution is -2.38. The Hall–Kier alpha value is -1.31. The average molecular weight is 356 g/mol. The molecular formula is C12H14BrF4N3. The Labute approximate surface area is 122 Å². The van der Waals surface area contributed by atoms with Gasteiger partial charge in [0.05, 0.1) is 6.42 Å². The van der Waals surface area contributed by atoms with Crippen LogP contribution in [0.2, 0.25) is 0 Å². The molecule has 0 saturated heterocycles. The molecule has 0 aromatic heterocycles. The number of benzene rings is 1. The minimum absolute atomic E-state index is 0.122. The van der Waals surface area contributed by atoms with Crippen LogP contribution in [-0.4, -0.2) is 25.7 Å². The zero-order valence-corrected chi connectivity index (χ0v) is 12.3. The van der Waals surface area contributed by atoms with E-state index in [-0.39, 0.29) is 19.0 Å². The number of aliphatic imine (C=N–C) groups is 1. The molecule has 0 fully saturated rings. The third-order valence-electron chi connectivity index (χ3n) is 2.38. The topological polar surface area (TPSA) is 36.4 Å². The second-order valence-electron chi connectivity index (χ2n) is 3.95. The van der Waals surface area contributed by atoms with Crippen molar-refractivity contribution in [2.75, 3.05) is 13.6 Å². The van der Waals surface area contributed by atoms with Gasteiger partial charge in [-0.25, -0.2) is 4.39 Å². The van der Waals surface area contributed by atoms with E-state index in [0.717, 1.165) is 4.47 Å². The zero-order valence-electron chi connectivity index (χ0n) is 10.7. The van der Waals surface area contributed by atoms with Crippen LogP contribution in [0.1, 0.15) is 12.0 Å². The van der Waals surface area contributed by atoms with Crippen LogP contribution in [0.25, 0.3) is 0 Å². The minimum atomic E-state index is -4.22. The smallest absolute Gasteiger partial charge is 0.356 e. The van der Waals surface area contributed by atoms with Crippen LogP contribution in [0.5, 0.6) is 0 Å². The summed E-state index contributed by atoms with van der Waals surface area (Å²) in [6, 6.07) is 4.46. The van der Waals surface area contributed by atoms with Crippen molar-refractivity contribution in [3.8, 4) is 0 Å². The third kappa shape index (κ3) is 6.23. The number of alkyl halides is 3. The molecule has 0 amide bonds. The van der Waals surface area contributed by atoms with Gasteiger partial charge in [-0.05, 0) is 18.2 Å². The second-order valence-corrected chi connectivity index (χ2v) is 4.87. The van der Waals surface area contributed by atoms with Gasteiger partial charge < -0.3 is 10.6 Å². The highest BCUT2D eigenvalue weighted by molar-refractivity contribution is 9.10. The highest BCUT2D eigenvalue weighted by Gasteiger charge is 2.26. The molecular weight excluding hydrogens is 342 g/mol. The molecule has 8 heteroatoms. The summed E-state index contributed by atoms with van der Waals surface area (Å²) in [6.07, 6.45) is -5.18. The highest BCUT2D eigenvalue weighted by atomic mass is 79.9. The Morgan fingerprint density at radius 3 is 2.60 bits per heavy atom. The maximum Gasteiger partial charge on any atom is 0.390 e. The van der Waals surface area contributed by atoms with Crippen LogP contribution in [0.15, 0.2) is 27.7 Å². The lowest BCUT2D eigenvalue weighted by atomic mass is 10.2. The van der Waals surface area contributed by atoms with Crippen LogP contribution in [0.4, 0.5) is 17.6 Å². The van der Waals surface area contributed by atoms with Crippen molar-refractivity contribution < 1.29 is 17.6 Å². The lowest BCUT2D eigenvalue weighted by Gasteiger charge is -2.13. The molecule has 1 aromatic carbocycles. The van der Waals surface area contributed by atoms with Gasteiger partial charge in [-0.3, -0.25) is 4.99 Å². The number of halogens is 5. The summed E-state index contributed by atoms with van der Waals surface area (Å²) in [5.41, 5.74) is 0.387. The maximum atomic E-state index is 13.5. The first-order valence-electron chi connectivity index (χ1n) is 5.77. The fourth-order valence-corrected chi connectivity index (χ4v) is 1.81. The monoisotopic (exact) mass is 355 g/mol. The molecule has 1 rings (SSSR count). The van der Waals surface area contributed by atoms with Gasteiger partial charge in [0.25, 0.3) is 0 Å². The Bertz CT molecular complexity index is 474. The van der Waals surface area contributed by atoms with E-state index < -0.39 is 18.4 Å². The average Bonchev–Trinajstić information content (AvgIpc) is 2.36. The molecule has 0 heterocycles. The molecule has 0 atom stereocenters. The van der Waals surface area contributed by atoms with Crippen LogP contribution in [-0.2, 0) is 6.54 Å². The Morgan fingerprint density at radius 2 is 2.00 bits per heavy atom. The van der Waals surface area contributed by atoms with E-state index >= 15 is 0 Å². The summed E-state index contributed by atoms with van der Waals surface area (Å²) < 4.78 is 50.2. The van der Waals surface area contributed by atoms with E-state index in [4.69, 9.17) is 0 Å². The first-order chi connectivity index (χ1) is 9.31. The quantitative estimate of drug-likeness (QED) is 0.494. The van der Waals surface area contributed by atoms with Gasteiger partial charge in [-0.15, -0.1) is 0 Å². The van der Waals surface area contributed by atoms with Gasteiger partial charge >= 0.3 is 6.18 Å². The number of guanidine groups is 1. The molecule has 0 aliphatic heterocycles. The number of nitrogens with zero attached hydrogens (tertiary/aromatic N) is 1. The first kappa shape index (κ1) is 16.7. The van der Waals surface area contributed by atoms with Crippen LogP contribution < -0.4 is 10.6 Å². The molecule has 0 radical (unpaired) electrons. The van der Waals surface area contributed by atoms with E-state index in [1.54, 1.807) is 12.1 Å². The van der Waals surface area contributed by atoms with E-state index in [0.29, 0.717) is 5.56 Å². The standard InChI is InChI=1S/C12H14BrF4N3/c1-18-11(19-5-4-12(15,16)17)20-7-8-6-9(13)2-3-10(8)14/h2-3,6H,4-5,7H2,1H3,(H2,18,19,20). The van der Waals surface area contributed by atoms with Crippen LogP contribution in [0.3, 0.4) is 0 Å². The van der Waals surface area contributed by atoms with Crippen LogP contribution in [0, 0.1) is 5.82 Å². The zero-order chi connectivity index (χ0) is 15.2. The fourth-order valence-electron chi connectivity index (χ4n) is 1.40. The molecule has 0 spiro atoms. The molecule has 0 saturated carbocycles. The molecule has 0 aliphatic carbocycles. The molecule has 1 aromatic rings. The lowest BCUT2D eigenvalue weighted by molar-refractivity contribution is -0.132. The number of nitrogens with one attached hydrogen (secondary N) is 2. The van der Waals surface area contributed by atoms with E-state index in [9.17, 15) is 17.6 Å². The largest absolute Gasteiger partial charge is 0.390 e. The van der Waals surface area contributed by atoms with Gasteiger partial charge in [0, 0.05) is 30.2 Å². The summed E-state index contributed by atoms with van der Waals surface area (Å²) in [4.78, 5) is 3.77. The maximum absolute atomic E-state index is 13.5. The number of rotatable bonds is 4. The highest BCUT2D eigenvalue weighted by Crippen LogP contribution is 2.18. The van der Waals surface area contributed by atoms with Gasteiger partial charge in [0.1, 0.15) is 5.82 Å². The third-order valence-corrected chi connectivity index (χ3v) is 2.87. The molecule has 20 heavy (non-hydrogen) atoms. The molecule has 0 unspecified atom stereocenters. The fraction of sp³-hybridized carbons (Fsp3) is 0.417. The predicted octanol–water partition coefficient (Wildman–Crippen LogP) is 3.21. The van der Waals surface area contributed by atoms with E-state index in [2.05, 4.69) is 31.6 Å². The van der Waals surface area contributed by atoms with Crippen molar-refractivity contribution in [2.24, 2.45) is 4.99 Å². The van der Waals surface area contributed by atoms with Gasteiger partial charge in [0.2, 0.25) is 0 Å². The van der Waals surface area contributed by atoms with Crippen molar-refractivity contribution in [1.29, 1.82) is 0 Å². The van der Waals surface area contributed by atoms with Crippen molar-refractivity contribution in [3.05, 3.63) is 34.1 Å². The molecule has 2 N–H and O–H groups in total. The SMILES string of the molecule is CN=C(NCCC(F)(F)F)NCc1cc(Br)ccc1F. The summed E-state index contributed by atoms with van der Waals surface area (Å²) >= 11 is 3.22. The Kier molecular flexibility index (Phi) is 6.25. The Morgan fingerprint density at radius 1 is 1.30 bits per heavy atom. The molecule has 3 nitrogen and oxygen atoms in total. The van der Waals surface area contributed by atoms with Crippen molar-refractivity contribution >= 4 is 21.9 Å². The normalized spacial score (nSPS) is 12.4. The van der Waals surface area contributed by atoms with Crippen LogP contribution >= 0.6 is 15.9 Å². The Balaban J connectivity index is 2.48. The predicted molar refractivity (Wildman–Crippen MR) is 73.0 cm³/mol. The molecule has 0 bridgehead atoms. The van der Waals surface area contributed by atoms with Crippen molar-refractivity contribution in [2.45, 2.75) is 19.1 Å². The van der Waals surface area contributed by atoms with Gasteiger partial charge in [-0.2, -0.15) is 13.2 Å². The number of hydrogen-bond donors (Lipinski definition) is 2. The molecule has 0 aliphatic rings. The molecule has 112 valence electrons. The minimum Gasteiger partial charge on any atom is -0.356 e. The van der Waals surface area contributed by atoms with Crippen molar-refractivity contribution in [3.63, 3.8) is 0 Å². The summed E-state index contributed by atoms with van der Waals surface area (Å²) in [5, 5.41) is 5.27. The second kappa shape index (κ2) is 7.47. The van der Waals surface area contributed by atoms with E-state index in [1.807, 2.05) is 0 Å². The summed E-state index contributed by atoms with van der Waals surface area (Å²) in [7, 11) is 1.43. The first-order valence-corrected chi connectivity index (χ1v) is 6.56. The van der Waals surface area contributed by atoms with Gasteiger partial charge in [-0.1, -0.05) is 15.9 Å². The van der Waals surface area contributed by atoms with Gasteiger partial charge in [0.15, 0.2) is 5.96 Å². The van der Waals surface area contributed by atoms with E-state index in [1.165, 1.54) is 13.1 Å².